The number of rotatable bonds is 7. The van der Waals surface area contributed by atoms with E-state index in [1.54, 1.807) is 6.92 Å². The van der Waals surface area contributed by atoms with E-state index in [-0.39, 0.29) is 17.6 Å². The van der Waals surface area contributed by atoms with Gasteiger partial charge >= 0.3 is 0 Å². The zero-order valence-corrected chi connectivity index (χ0v) is 16.6. The largest absolute Gasteiger partial charge is 0.407 e. The normalized spacial score (nSPS) is 15.0. The predicted octanol–water partition coefficient (Wildman–Crippen LogP) is 3.53. The monoisotopic (exact) mass is 360 g/mol. The van der Waals surface area contributed by atoms with Gasteiger partial charge in [-0.25, -0.2) is 4.39 Å². The van der Waals surface area contributed by atoms with E-state index >= 15 is 0 Å². The maximum atomic E-state index is 13.9. The molecule has 1 N–H and O–H groups in total. The van der Waals surface area contributed by atoms with Gasteiger partial charge in [0.05, 0.1) is 6.61 Å². The van der Waals surface area contributed by atoms with Crippen LogP contribution in [0.3, 0.4) is 0 Å². The summed E-state index contributed by atoms with van der Waals surface area (Å²) in [4.78, 5) is 0. The summed E-state index contributed by atoms with van der Waals surface area (Å²) >= 11 is 0. The van der Waals surface area contributed by atoms with Crippen LogP contribution in [0.4, 0.5) is 4.39 Å². The summed E-state index contributed by atoms with van der Waals surface area (Å²) in [6, 6.07) is 20.6. The topological polar surface area (TPSA) is 29.5 Å². The zero-order valence-electron chi connectivity index (χ0n) is 15.6. The van der Waals surface area contributed by atoms with Crippen LogP contribution in [0.1, 0.15) is 27.7 Å². The molecule has 0 saturated carbocycles. The average Bonchev–Trinajstić information content (AvgIpc) is 2.62. The first-order chi connectivity index (χ1) is 11.8. The van der Waals surface area contributed by atoms with E-state index in [0.717, 1.165) is 0 Å². The highest BCUT2D eigenvalue weighted by Crippen LogP contribution is 2.37. The minimum Gasteiger partial charge on any atom is -0.407 e. The molecule has 0 heterocycles. The summed E-state index contributed by atoms with van der Waals surface area (Å²) < 4.78 is 20.5. The molecule has 0 bridgehead atoms. The van der Waals surface area contributed by atoms with E-state index in [2.05, 4.69) is 45.0 Å². The summed E-state index contributed by atoms with van der Waals surface area (Å²) in [6.07, 6.45) is -1.27. The van der Waals surface area contributed by atoms with Gasteiger partial charge in [-0.1, -0.05) is 88.4 Å². The van der Waals surface area contributed by atoms with Crippen molar-refractivity contribution in [3.63, 3.8) is 0 Å². The molecule has 0 radical (unpaired) electrons. The summed E-state index contributed by atoms with van der Waals surface area (Å²) in [6.45, 7) is 8.20. The maximum absolute atomic E-state index is 13.9. The number of aliphatic hydroxyl groups is 1. The summed E-state index contributed by atoms with van der Waals surface area (Å²) in [5.74, 6) is -0.355. The van der Waals surface area contributed by atoms with Crippen LogP contribution in [0.2, 0.25) is 5.04 Å². The van der Waals surface area contributed by atoms with Crippen molar-refractivity contribution in [1.82, 2.24) is 0 Å². The van der Waals surface area contributed by atoms with Gasteiger partial charge in [0.2, 0.25) is 0 Å². The number of aliphatic hydroxyl groups excluding tert-OH is 1. The third kappa shape index (κ3) is 4.19. The first kappa shape index (κ1) is 19.8. The first-order valence-corrected chi connectivity index (χ1v) is 10.7. The lowest BCUT2D eigenvalue weighted by molar-refractivity contribution is 0.0996. The molecule has 0 spiro atoms. The SMILES string of the molecule is CC(CO[Si](c1ccccc1)(c1ccccc1)C(C)(C)C)[C@@H](F)CO. The molecule has 4 heteroatoms. The lowest BCUT2D eigenvalue weighted by Gasteiger charge is -2.43. The standard InChI is InChI=1S/C21H29FO2Si/c1-17(20(22)15-23)16-24-25(21(2,3)4,18-11-7-5-8-12-18)19-13-9-6-10-14-19/h5-14,17,20,23H,15-16H2,1-4H3/t17?,20-/m0/s1. The highest BCUT2D eigenvalue weighted by Gasteiger charge is 2.50. The molecule has 0 aliphatic heterocycles. The lowest BCUT2D eigenvalue weighted by Crippen LogP contribution is -2.67. The van der Waals surface area contributed by atoms with Gasteiger partial charge in [-0.15, -0.1) is 0 Å². The molecule has 25 heavy (non-hydrogen) atoms. The first-order valence-electron chi connectivity index (χ1n) is 8.83. The van der Waals surface area contributed by atoms with Gasteiger partial charge in [0, 0.05) is 12.5 Å². The number of hydrogen-bond acceptors (Lipinski definition) is 2. The van der Waals surface area contributed by atoms with Crippen LogP contribution in [0.25, 0.3) is 0 Å². The second-order valence-corrected chi connectivity index (χ2v) is 12.0. The van der Waals surface area contributed by atoms with Crippen LogP contribution in [-0.4, -0.2) is 32.8 Å². The van der Waals surface area contributed by atoms with Crippen molar-refractivity contribution in [2.24, 2.45) is 5.92 Å². The van der Waals surface area contributed by atoms with Crippen LogP contribution in [0.15, 0.2) is 60.7 Å². The molecule has 2 aromatic carbocycles. The Hall–Kier alpha value is -1.49. The Labute approximate surface area is 151 Å². The zero-order chi connectivity index (χ0) is 18.5. The Morgan fingerprint density at radius 3 is 1.76 bits per heavy atom. The maximum Gasteiger partial charge on any atom is 0.261 e. The fourth-order valence-electron chi connectivity index (χ4n) is 3.30. The van der Waals surface area contributed by atoms with Crippen molar-refractivity contribution in [2.45, 2.75) is 38.9 Å². The van der Waals surface area contributed by atoms with E-state index in [4.69, 9.17) is 9.53 Å². The molecule has 0 aliphatic carbocycles. The molecule has 2 nitrogen and oxygen atoms in total. The number of benzene rings is 2. The molecular formula is C21H29FO2Si. The van der Waals surface area contributed by atoms with Crippen molar-refractivity contribution in [2.75, 3.05) is 13.2 Å². The molecule has 0 aliphatic rings. The molecule has 0 amide bonds. The number of halogens is 1. The smallest absolute Gasteiger partial charge is 0.261 e. The Morgan fingerprint density at radius 2 is 1.40 bits per heavy atom. The van der Waals surface area contributed by atoms with Crippen LogP contribution in [0, 0.1) is 5.92 Å². The van der Waals surface area contributed by atoms with Gasteiger partial charge in [0.1, 0.15) is 6.17 Å². The van der Waals surface area contributed by atoms with Gasteiger partial charge in [-0.3, -0.25) is 0 Å². The van der Waals surface area contributed by atoms with Crippen LogP contribution in [0.5, 0.6) is 0 Å². The summed E-state index contributed by atoms with van der Waals surface area (Å²) in [7, 11) is -2.62. The van der Waals surface area contributed by atoms with E-state index < -0.39 is 21.1 Å². The Balaban J connectivity index is 2.53. The molecule has 0 fully saturated rings. The third-order valence-electron chi connectivity index (χ3n) is 4.77. The van der Waals surface area contributed by atoms with Crippen molar-refractivity contribution in [3.05, 3.63) is 60.7 Å². The second-order valence-electron chi connectivity index (χ2n) is 7.65. The molecule has 0 aromatic heterocycles. The molecule has 2 aromatic rings. The summed E-state index contributed by atoms with van der Waals surface area (Å²) in [5, 5.41) is 11.3. The minimum absolute atomic E-state index is 0.125. The van der Waals surface area contributed by atoms with Gasteiger partial charge in [-0.05, 0) is 15.4 Å². The lowest BCUT2D eigenvalue weighted by atomic mass is 10.1. The van der Waals surface area contributed by atoms with E-state index in [0.29, 0.717) is 0 Å². The fraction of sp³-hybridized carbons (Fsp3) is 0.429. The minimum atomic E-state index is -2.62. The molecule has 2 rings (SSSR count). The van der Waals surface area contributed by atoms with Crippen molar-refractivity contribution in [1.29, 1.82) is 0 Å². The quantitative estimate of drug-likeness (QED) is 0.766. The van der Waals surface area contributed by atoms with Crippen molar-refractivity contribution in [3.8, 4) is 0 Å². The van der Waals surface area contributed by atoms with Gasteiger partial charge in [0.25, 0.3) is 8.32 Å². The molecule has 0 saturated heterocycles. The van der Waals surface area contributed by atoms with Gasteiger partial charge in [-0.2, -0.15) is 0 Å². The van der Waals surface area contributed by atoms with Crippen LogP contribution < -0.4 is 10.4 Å². The van der Waals surface area contributed by atoms with Gasteiger partial charge < -0.3 is 9.53 Å². The Bertz CT molecular complexity index is 600. The van der Waals surface area contributed by atoms with E-state index in [1.165, 1.54) is 10.4 Å². The molecular weight excluding hydrogens is 331 g/mol. The van der Waals surface area contributed by atoms with E-state index in [1.807, 2.05) is 36.4 Å². The number of alkyl halides is 1. The molecule has 136 valence electrons. The highest BCUT2D eigenvalue weighted by atomic mass is 28.4. The Morgan fingerprint density at radius 1 is 0.960 bits per heavy atom. The number of hydrogen-bond donors (Lipinski definition) is 1. The highest BCUT2D eigenvalue weighted by molar-refractivity contribution is 6.99. The molecule has 2 atom stereocenters. The predicted molar refractivity (Wildman–Crippen MR) is 105 cm³/mol. The average molecular weight is 361 g/mol. The van der Waals surface area contributed by atoms with Crippen LogP contribution >= 0.6 is 0 Å². The van der Waals surface area contributed by atoms with Gasteiger partial charge in [0.15, 0.2) is 0 Å². The fourth-order valence-corrected chi connectivity index (χ4v) is 7.97. The third-order valence-corrected chi connectivity index (χ3v) is 9.78. The summed E-state index contributed by atoms with van der Waals surface area (Å²) in [5.41, 5.74) is 0. The van der Waals surface area contributed by atoms with Crippen molar-refractivity contribution >= 4 is 18.7 Å². The Kier molecular flexibility index (Phi) is 6.55. The van der Waals surface area contributed by atoms with E-state index in [9.17, 15) is 4.39 Å². The molecule has 1 unspecified atom stereocenters. The van der Waals surface area contributed by atoms with Crippen LogP contribution in [-0.2, 0) is 4.43 Å². The van der Waals surface area contributed by atoms with Crippen molar-refractivity contribution < 1.29 is 13.9 Å². The second kappa shape index (κ2) is 8.26.